The summed E-state index contributed by atoms with van der Waals surface area (Å²) < 4.78 is -1.28. The summed E-state index contributed by atoms with van der Waals surface area (Å²) in [5.41, 5.74) is 0.710. The number of hydrogen-bond donors (Lipinski definition) is 2. The Balaban J connectivity index is 1.63. The molecular weight excluding hydrogens is 326 g/mol. The molecule has 7 heteroatoms. The van der Waals surface area contributed by atoms with Gasteiger partial charge in [-0.1, -0.05) is 23.9 Å². The second kappa shape index (κ2) is 6.84. The fourth-order valence-corrected chi connectivity index (χ4v) is 4.02. The van der Waals surface area contributed by atoms with Crippen LogP contribution < -0.4 is 10.6 Å². The van der Waals surface area contributed by atoms with Gasteiger partial charge < -0.3 is 15.5 Å². The van der Waals surface area contributed by atoms with Crippen molar-refractivity contribution in [1.29, 1.82) is 0 Å². The molecular formula is C17H21N3O3S. The van der Waals surface area contributed by atoms with Crippen LogP contribution in [0.1, 0.15) is 26.2 Å². The zero-order chi connectivity index (χ0) is 17.2. The van der Waals surface area contributed by atoms with Crippen molar-refractivity contribution in [2.45, 2.75) is 35.8 Å². The molecule has 0 unspecified atom stereocenters. The lowest BCUT2D eigenvalue weighted by Crippen LogP contribution is -2.54. The van der Waals surface area contributed by atoms with E-state index in [-0.39, 0.29) is 18.4 Å². The molecule has 0 radical (unpaired) electrons. The molecule has 128 valence electrons. The van der Waals surface area contributed by atoms with E-state index in [1.54, 1.807) is 17.9 Å². The van der Waals surface area contributed by atoms with Gasteiger partial charge >= 0.3 is 0 Å². The lowest BCUT2D eigenvalue weighted by atomic mass is 10.1. The molecule has 1 aromatic rings. The van der Waals surface area contributed by atoms with Crippen molar-refractivity contribution in [2.24, 2.45) is 0 Å². The fraction of sp³-hybridized carbons (Fsp3) is 0.471. The van der Waals surface area contributed by atoms with Crippen LogP contribution in [0.25, 0.3) is 0 Å². The summed E-state index contributed by atoms with van der Waals surface area (Å²) in [6.07, 6.45) is 3.16. The van der Waals surface area contributed by atoms with Gasteiger partial charge in [-0.3, -0.25) is 14.4 Å². The molecule has 0 bridgehead atoms. The average Bonchev–Trinajstić information content (AvgIpc) is 2.61. The molecule has 1 atom stereocenters. The number of carbonyl (C=O) groups excluding carboxylic acids is 3. The van der Waals surface area contributed by atoms with Crippen molar-refractivity contribution < 1.29 is 14.4 Å². The summed E-state index contributed by atoms with van der Waals surface area (Å²) in [5.74, 6) is -0.896. The molecule has 2 heterocycles. The number of amides is 3. The van der Waals surface area contributed by atoms with Gasteiger partial charge in [0.2, 0.25) is 17.7 Å². The minimum atomic E-state index is -1.28. The number of hydrogen-bond acceptors (Lipinski definition) is 4. The molecule has 0 saturated carbocycles. The summed E-state index contributed by atoms with van der Waals surface area (Å²) in [6.45, 7) is 3.01. The van der Waals surface area contributed by atoms with E-state index < -0.39 is 10.7 Å². The van der Waals surface area contributed by atoms with Gasteiger partial charge in [-0.25, -0.2) is 0 Å². The van der Waals surface area contributed by atoms with Crippen LogP contribution in [-0.2, 0) is 14.4 Å². The van der Waals surface area contributed by atoms with Crippen molar-refractivity contribution in [1.82, 2.24) is 10.2 Å². The molecule has 1 aromatic carbocycles. The first kappa shape index (κ1) is 16.8. The highest BCUT2D eigenvalue weighted by Crippen LogP contribution is 2.42. The molecule has 24 heavy (non-hydrogen) atoms. The molecule has 3 rings (SSSR count). The summed E-state index contributed by atoms with van der Waals surface area (Å²) in [6, 6.07) is 7.36. The number of benzene rings is 1. The highest BCUT2D eigenvalue weighted by Gasteiger charge is 2.45. The van der Waals surface area contributed by atoms with E-state index in [0.29, 0.717) is 5.69 Å². The molecule has 3 amide bonds. The maximum atomic E-state index is 12.6. The van der Waals surface area contributed by atoms with E-state index in [1.807, 2.05) is 18.2 Å². The van der Waals surface area contributed by atoms with E-state index in [2.05, 4.69) is 10.6 Å². The Bertz CT molecular complexity index is 673. The maximum absolute atomic E-state index is 12.6. The lowest BCUT2D eigenvalue weighted by molar-refractivity contribution is -0.135. The number of piperidine rings is 1. The van der Waals surface area contributed by atoms with Crippen molar-refractivity contribution in [3.63, 3.8) is 0 Å². The first-order valence-corrected chi connectivity index (χ1v) is 8.98. The zero-order valence-corrected chi connectivity index (χ0v) is 14.4. The smallest absolute Gasteiger partial charge is 0.250 e. The first-order chi connectivity index (χ1) is 11.5. The van der Waals surface area contributed by atoms with E-state index >= 15 is 0 Å². The van der Waals surface area contributed by atoms with E-state index in [1.165, 1.54) is 11.8 Å². The molecule has 2 aliphatic rings. The Hall–Kier alpha value is -2.02. The lowest BCUT2D eigenvalue weighted by Gasteiger charge is -2.32. The third kappa shape index (κ3) is 3.26. The fourth-order valence-electron chi connectivity index (χ4n) is 2.90. The Labute approximate surface area is 145 Å². The number of likely N-dealkylation sites (tertiary alicyclic amines) is 1. The van der Waals surface area contributed by atoms with Crippen LogP contribution in [0.2, 0.25) is 0 Å². The van der Waals surface area contributed by atoms with Crippen molar-refractivity contribution in [3.8, 4) is 0 Å². The topological polar surface area (TPSA) is 78.5 Å². The number of nitrogens with zero attached hydrogens (tertiary/aromatic N) is 1. The Morgan fingerprint density at radius 3 is 2.71 bits per heavy atom. The van der Waals surface area contributed by atoms with E-state index in [4.69, 9.17) is 0 Å². The molecule has 0 aromatic heterocycles. The maximum Gasteiger partial charge on any atom is 0.250 e. The molecule has 1 fully saturated rings. The number of fused-ring (bicyclic) bond motifs is 1. The zero-order valence-electron chi connectivity index (χ0n) is 13.6. The number of para-hydroxylation sites is 1. The number of anilines is 1. The van der Waals surface area contributed by atoms with E-state index in [9.17, 15) is 14.4 Å². The van der Waals surface area contributed by atoms with Crippen molar-refractivity contribution in [3.05, 3.63) is 24.3 Å². The summed E-state index contributed by atoms with van der Waals surface area (Å²) in [4.78, 5) is 39.7. The van der Waals surface area contributed by atoms with Crippen LogP contribution in [-0.4, -0.2) is 47.0 Å². The van der Waals surface area contributed by atoms with Gasteiger partial charge in [0.25, 0.3) is 0 Å². The molecule has 2 N–H and O–H groups in total. The summed E-state index contributed by atoms with van der Waals surface area (Å²) >= 11 is 1.21. The molecule has 6 nitrogen and oxygen atoms in total. The van der Waals surface area contributed by atoms with Gasteiger partial charge in [0.1, 0.15) is 0 Å². The monoisotopic (exact) mass is 347 g/mol. The van der Waals surface area contributed by atoms with Gasteiger partial charge in [0.15, 0.2) is 4.75 Å². The normalized spacial score (nSPS) is 23.2. The number of rotatable bonds is 3. The first-order valence-electron chi connectivity index (χ1n) is 8.16. The van der Waals surface area contributed by atoms with Gasteiger partial charge in [-0.2, -0.15) is 0 Å². The number of carbonyl (C=O) groups is 3. The van der Waals surface area contributed by atoms with Gasteiger partial charge in [-0.15, -0.1) is 0 Å². The molecule has 2 aliphatic heterocycles. The van der Waals surface area contributed by atoms with Crippen LogP contribution in [0.3, 0.4) is 0 Å². The average molecular weight is 347 g/mol. The molecule has 1 saturated heterocycles. The minimum Gasteiger partial charge on any atom is -0.345 e. The Kier molecular flexibility index (Phi) is 4.80. The van der Waals surface area contributed by atoms with Crippen molar-refractivity contribution >= 4 is 35.2 Å². The number of thioether (sulfide) groups is 1. The standard InChI is InChI=1S/C17H21N3O3S/c1-17(16(23)19-12-7-3-4-8-13(12)24-17)15(22)18-11-14(21)20-9-5-2-6-10-20/h3-4,7-8H,2,5-6,9-11H2,1H3,(H,18,22)(H,19,23)/t17-/m1/s1. The van der Waals surface area contributed by atoms with E-state index in [0.717, 1.165) is 37.2 Å². The predicted molar refractivity (Wildman–Crippen MR) is 92.8 cm³/mol. The van der Waals surface area contributed by atoms with Crippen molar-refractivity contribution in [2.75, 3.05) is 25.0 Å². The third-order valence-corrected chi connectivity index (χ3v) is 5.78. The summed E-state index contributed by atoms with van der Waals surface area (Å²) in [7, 11) is 0. The molecule has 0 spiro atoms. The highest BCUT2D eigenvalue weighted by molar-refractivity contribution is 8.02. The Morgan fingerprint density at radius 2 is 1.96 bits per heavy atom. The van der Waals surface area contributed by atoms with Gasteiger partial charge in [0, 0.05) is 18.0 Å². The van der Waals surface area contributed by atoms with Gasteiger partial charge in [0.05, 0.1) is 12.2 Å². The summed E-state index contributed by atoms with van der Waals surface area (Å²) in [5, 5.41) is 5.41. The third-order valence-electron chi connectivity index (χ3n) is 4.42. The molecule has 0 aliphatic carbocycles. The quantitative estimate of drug-likeness (QED) is 0.815. The SMILES string of the molecule is C[C@]1(C(=O)NCC(=O)N2CCCCC2)Sc2ccccc2NC1=O. The van der Waals surface area contributed by atoms with Crippen LogP contribution in [0, 0.1) is 0 Å². The second-order valence-electron chi connectivity index (χ2n) is 6.21. The van der Waals surface area contributed by atoms with Crippen LogP contribution in [0.5, 0.6) is 0 Å². The largest absolute Gasteiger partial charge is 0.345 e. The van der Waals surface area contributed by atoms with Crippen LogP contribution >= 0.6 is 11.8 Å². The predicted octanol–water partition coefficient (Wildman–Crippen LogP) is 1.62. The highest BCUT2D eigenvalue weighted by atomic mass is 32.2. The minimum absolute atomic E-state index is 0.0656. The number of nitrogens with one attached hydrogen (secondary N) is 2. The van der Waals surface area contributed by atoms with Crippen LogP contribution in [0.15, 0.2) is 29.2 Å². The second-order valence-corrected chi connectivity index (χ2v) is 7.67. The van der Waals surface area contributed by atoms with Gasteiger partial charge in [-0.05, 0) is 38.3 Å². The van der Waals surface area contributed by atoms with Crippen LogP contribution in [0.4, 0.5) is 5.69 Å². The Morgan fingerprint density at radius 1 is 1.25 bits per heavy atom.